The molecule has 1 aliphatic heterocycles. The van der Waals surface area contributed by atoms with Gasteiger partial charge in [-0.25, -0.2) is 14.3 Å². The van der Waals surface area contributed by atoms with Gasteiger partial charge in [0.2, 0.25) is 23.4 Å². The third kappa shape index (κ3) is 3.37. The molecule has 2 aromatic heterocycles. The third-order valence-electron chi connectivity index (χ3n) is 3.13. The van der Waals surface area contributed by atoms with Crippen LogP contribution in [0.1, 0.15) is 0 Å². The number of rotatable bonds is 5. The van der Waals surface area contributed by atoms with E-state index in [0.29, 0.717) is 26.3 Å². The second-order valence-electron chi connectivity index (χ2n) is 4.69. The van der Waals surface area contributed by atoms with Gasteiger partial charge < -0.3 is 21.1 Å². The van der Waals surface area contributed by atoms with Gasteiger partial charge in [-0.15, -0.1) is 5.11 Å². The molecule has 3 rings (SSSR count). The predicted octanol–water partition coefficient (Wildman–Crippen LogP) is -1.02. The van der Waals surface area contributed by atoms with Crippen molar-refractivity contribution in [2.24, 2.45) is 10.3 Å². The van der Waals surface area contributed by atoms with Gasteiger partial charge in [0, 0.05) is 13.1 Å². The molecule has 0 bridgehead atoms. The van der Waals surface area contributed by atoms with E-state index in [0.717, 1.165) is 5.01 Å². The van der Waals surface area contributed by atoms with E-state index < -0.39 is 0 Å². The summed E-state index contributed by atoms with van der Waals surface area (Å²) in [7, 11) is 0. The smallest absolute Gasteiger partial charge is 0.263 e. The summed E-state index contributed by atoms with van der Waals surface area (Å²) in [5.74, 6) is -0.324. The molecule has 0 atom stereocenters. The maximum atomic E-state index is 12.4. The quantitative estimate of drug-likeness (QED) is 0.501. The summed E-state index contributed by atoms with van der Waals surface area (Å²) in [6.07, 6.45) is 0. The van der Waals surface area contributed by atoms with E-state index in [1.165, 1.54) is 0 Å². The van der Waals surface area contributed by atoms with Gasteiger partial charge in [-0.05, 0) is 20.6 Å². The van der Waals surface area contributed by atoms with Gasteiger partial charge in [0.15, 0.2) is 0 Å². The van der Waals surface area contributed by atoms with Gasteiger partial charge in [0.05, 0.1) is 13.2 Å². The molecule has 14 nitrogen and oxygen atoms in total. The average Bonchev–Trinajstić information content (AvgIpc) is 3.20. The Hall–Kier alpha value is -3.29. The Morgan fingerprint density at radius 2 is 1.83 bits per heavy atom. The highest BCUT2D eigenvalue weighted by molar-refractivity contribution is 5.81. The zero-order valence-corrected chi connectivity index (χ0v) is 12.4. The normalized spacial score (nSPS) is 15.1. The minimum atomic E-state index is -0.217. The minimum Gasteiger partial charge on any atom is -0.378 e. The molecule has 0 aliphatic carbocycles. The number of anilines is 3. The first-order valence-electron chi connectivity index (χ1n) is 6.86. The molecule has 128 valence electrons. The second kappa shape index (κ2) is 6.86. The fourth-order valence-corrected chi connectivity index (χ4v) is 1.92. The number of carbonyl (C=O) groups is 1. The lowest BCUT2D eigenvalue weighted by molar-refractivity contribution is -0.133. The maximum Gasteiger partial charge on any atom is 0.263 e. The topological polar surface area (TPSA) is 187 Å². The van der Waals surface area contributed by atoms with E-state index in [1.807, 2.05) is 0 Å². The number of carbonyl (C=O) groups excluding carboxylic acids is 1. The Bertz CT molecular complexity index is 721. The molecule has 0 unspecified atom stereocenters. The predicted molar refractivity (Wildman–Crippen MR) is 76.7 cm³/mol. The van der Waals surface area contributed by atoms with Crippen LogP contribution in [0.2, 0.25) is 0 Å². The summed E-state index contributed by atoms with van der Waals surface area (Å²) in [6.45, 7) is 1.73. The molecule has 4 N–H and O–H groups in total. The molecule has 1 aliphatic rings. The Balaban J connectivity index is 1.77. The molecule has 24 heavy (non-hydrogen) atoms. The van der Waals surface area contributed by atoms with Crippen LogP contribution in [0.25, 0.3) is 0 Å². The highest BCUT2D eigenvalue weighted by atomic mass is 16.6. The van der Waals surface area contributed by atoms with Crippen molar-refractivity contribution in [1.29, 1.82) is 0 Å². The van der Waals surface area contributed by atoms with Crippen LogP contribution in [0.5, 0.6) is 0 Å². The number of morpholine rings is 1. The molecule has 1 saturated heterocycles. The SMILES string of the molecule is Nc1nonc1N=NN(CC(=O)N1CCOCC1)c1nonc1N. The second-order valence-corrected chi connectivity index (χ2v) is 4.69. The molecule has 0 aromatic carbocycles. The van der Waals surface area contributed by atoms with Gasteiger partial charge in [0.25, 0.3) is 5.82 Å². The minimum absolute atomic E-state index is 0.0374. The van der Waals surface area contributed by atoms with E-state index in [4.69, 9.17) is 16.2 Å². The van der Waals surface area contributed by atoms with Crippen molar-refractivity contribution in [2.75, 3.05) is 49.3 Å². The molecular formula is C10H14N10O4. The number of ether oxygens (including phenoxy) is 1. The van der Waals surface area contributed by atoms with Crippen LogP contribution in [0, 0.1) is 0 Å². The van der Waals surface area contributed by atoms with E-state index in [-0.39, 0.29) is 35.7 Å². The number of hydrogen-bond acceptors (Lipinski definition) is 12. The standard InChI is InChI=1S/C10H14N10O4/c11-7-9(16-23-14-7)13-18-20(10-8(12)15-24-17-10)5-6(21)19-1-3-22-4-2-19/h1-5H2,(H2,11,14)(H2,12,15). The zero-order chi connectivity index (χ0) is 16.9. The van der Waals surface area contributed by atoms with Crippen molar-refractivity contribution in [3.63, 3.8) is 0 Å². The van der Waals surface area contributed by atoms with Gasteiger partial charge in [-0.1, -0.05) is 5.22 Å². The van der Waals surface area contributed by atoms with Gasteiger partial charge >= 0.3 is 0 Å². The number of nitrogens with two attached hydrogens (primary N) is 2. The van der Waals surface area contributed by atoms with Gasteiger partial charge in [-0.2, -0.15) is 0 Å². The van der Waals surface area contributed by atoms with Crippen LogP contribution in [-0.2, 0) is 9.53 Å². The van der Waals surface area contributed by atoms with Crippen molar-refractivity contribution in [1.82, 2.24) is 25.5 Å². The first-order valence-corrected chi connectivity index (χ1v) is 6.86. The number of hydrogen-bond donors (Lipinski definition) is 2. The van der Waals surface area contributed by atoms with Crippen molar-refractivity contribution in [3.05, 3.63) is 0 Å². The van der Waals surface area contributed by atoms with Gasteiger partial charge in [-0.3, -0.25) is 4.79 Å². The van der Waals surface area contributed by atoms with Crippen molar-refractivity contribution >= 4 is 29.2 Å². The maximum absolute atomic E-state index is 12.4. The highest BCUT2D eigenvalue weighted by Gasteiger charge is 2.24. The summed E-state index contributed by atoms with van der Waals surface area (Å²) in [5, 5.41) is 22.6. The fraction of sp³-hybridized carbons (Fsp3) is 0.500. The Kier molecular flexibility index (Phi) is 4.46. The lowest BCUT2D eigenvalue weighted by atomic mass is 10.4. The first kappa shape index (κ1) is 15.6. The van der Waals surface area contributed by atoms with Crippen LogP contribution in [0.3, 0.4) is 0 Å². The van der Waals surface area contributed by atoms with E-state index in [2.05, 4.69) is 40.2 Å². The zero-order valence-electron chi connectivity index (χ0n) is 12.4. The number of aromatic nitrogens is 4. The molecule has 0 spiro atoms. The highest BCUT2D eigenvalue weighted by Crippen LogP contribution is 2.21. The Morgan fingerprint density at radius 1 is 1.12 bits per heavy atom. The molecule has 0 radical (unpaired) electrons. The molecule has 1 amide bonds. The molecule has 3 heterocycles. The molecule has 1 fully saturated rings. The monoisotopic (exact) mass is 338 g/mol. The largest absolute Gasteiger partial charge is 0.378 e. The van der Waals surface area contributed by atoms with E-state index in [1.54, 1.807) is 4.90 Å². The van der Waals surface area contributed by atoms with Crippen molar-refractivity contribution in [2.45, 2.75) is 0 Å². The fourth-order valence-electron chi connectivity index (χ4n) is 1.92. The summed E-state index contributed by atoms with van der Waals surface area (Å²) >= 11 is 0. The number of nitrogen functional groups attached to an aromatic ring is 2. The average molecular weight is 338 g/mol. The Labute approximate surface area is 134 Å². The van der Waals surface area contributed by atoms with Crippen LogP contribution >= 0.6 is 0 Å². The van der Waals surface area contributed by atoms with Crippen molar-refractivity contribution in [3.8, 4) is 0 Å². The van der Waals surface area contributed by atoms with Crippen LogP contribution in [-0.4, -0.2) is 64.3 Å². The summed E-state index contributed by atoms with van der Waals surface area (Å²) in [5.41, 5.74) is 11.1. The molecular weight excluding hydrogens is 324 g/mol. The summed E-state index contributed by atoms with van der Waals surface area (Å²) in [6, 6.07) is 0. The van der Waals surface area contributed by atoms with Crippen LogP contribution in [0.4, 0.5) is 23.3 Å². The number of amides is 1. The third-order valence-corrected chi connectivity index (χ3v) is 3.13. The Morgan fingerprint density at radius 3 is 2.46 bits per heavy atom. The number of nitrogens with zero attached hydrogens (tertiary/aromatic N) is 8. The molecule has 14 heteroatoms. The van der Waals surface area contributed by atoms with Crippen LogP contribution in [0.15, 0.2) is 19.6 Å². The van der Waals surface area contributed by atoms with Gasteiger partial charge in [0.1, 0.15) is 6.54 Å². The molecule has 0 saturated carbocycles. The first-order chi connectivity index (χ1) is 11.6. The summed E-state index contributed by atoms with van der Waals surface area (Å²) < 4.78 is 14.1. The van der Waals surface area contributed by atoms with Crippen molar-refractivity contribution < 1.29 is 18.8 Å². The van der Waals surface area contributed by atoms with Crippen LogP contribution < -0.4 is 16.5 Å². The molecule has 2 aromatic rings. The van der Waals surface area contributed by atoms with E-state index >= 15 is 0 Å². The lowest BCUT2D eigenvalue weighted by Gasteiger charge is -2.28. The summed E-state index contributed by atoms with van der Waals surface area (Å²) in [4.78, 5) is 14.0. The van der Waals surface area contributed by atoms with E-state index in [9.17, 15) is 4.79 Å². The lowest BCUT2D eigenvalue weighted by Crippen LogP contribution is -2.45.